The highest BCUT2D eigenvalue weighted by molar-refractivity contribution is 6.10. The fourth-order valence-corrected chi connectivity index (χ4v) is 1.48. The van der Waals surface area contributed by atoms with Crippen LogP contribution < -0.4 is 5.32 Å². The number of benzene rings is 1. The van der Waals surface area contributed by atoms with Crippen LogP contribution in [0.15, 0.2) is 18.2 Å². The van der Waals surface area contributed by atoms with Crippen molar-refractivity contribution in [1.82, 2.24) is 0 Å². The van der Waals surface area contributed by atoms with E-state index in [2.05, 4.69) is 5.32 Å². The minimum atomic E-state index is -4.67. The van der Waals surface area contributed by atoms with Gasteiger partial charge in [-0.25, -0.2) is 0 Å². The number of rotatable bonds is 4. The topological polar surface area (TPSA) is 83.5 Å². The van der Waals surface area contributed by atoms with Gasteiger partial charge in [-0.3, -0.25) is 14.4 Å². The number of amides is 1. The molecule has 0 heterocycles. The minimum absolute atomic E-state index is 0.156. The van der Waals surface area contributed by atoms with Gasteiger partial charge in [-0.15, -0.1) is 0 Å². The molecule has 1 aromatic rings. The van der Waals surface area contributed by atoms with Crippen molar-refractivity contribution < 1.29 is 32.7 Å². The molecule has 0 saturated carbocycles. The number of hydrogen-bond donors (Lipinski definition) is 2. The van der Waals surface area contributed by atoms with Gasteiger partial charge in [-0.1, -0.05) is 0 Å². The van der Waals surface area contributed by atoms with Crippen molar-refractivity contribution in [3.05, 3.63) is 29.3 Å². The molecule has 0 atom stereocenters. The lowest BCUT2D eigenvalue weighted by atomic mass is 10.0. The van der Waals surface area contributed by atoms with Crippen molar-refractivity contribution in [2.75, 3.05) is 5.32 Å². The molecule has 0 spiro atoms. The Kier molecular flexibility index (Phi) is 4.49. The molecular weight excluding hydrogens is 279 g/mol. The van der Waals surface area contributed by atoms with E-state index in [0.717, 1.165) is 13.0 Å². The van der Waals surface area contributed by atoms with Crippen molar-refractivity contribution in [3.8, 4) is 0 Å². The molecule has 0 fully saturated rings. The summed E-state index contributed by atoms with van der Waals surface area (Å²) in [6.45, 7) is 1.11. The first-order valence-electron chi connectivity index (χ1n) is 5.35. The molecular formula is C12H10F3NO4. The second kappa shape index (κ2) is 5.72. The Balaban J connectivity index is 3.29. The third kappa shape index (κ3) is 4.08. The predicted molar refractivity (Wildman–Crippen MR) is 62.3 cm³/mol. The molecule has 1 amide bonds. The molecule has 0 aliphatic rings. The Labute approximate surface area is 111 Å². The molecule has 0 saturated heterocycles. The highest BCUT2D eigenvalue weighted by atomic mass is 19.4. The van der Waals surface area contributed by atoms with Gasteiger partial charge in [0, 0.05) is 12.5 Å². The molecule has 108 valence electrons. The standard InChI is InChI=1S/C12H10F3NO4/c1-6(17)16-9-3-2-7(12(13,14)15)4-8(9)10(18)5-11(19)20/h2-4H,5H2,1H3,(H,16,17)(H,19,20). The number of anilines is 1. The van der Waals surface area contributed by atoms with Crippen molar-refractivity contribution in [2.45, 2.75) is 19.5 Å². The van der Waals surface area contributed by atoms with Gasteiger partial charge in [0.1, 0.15) is 6.42 Å². The lowest BCUT2D eigenvalue weighted by Crippen LogP contribution is -2.15. The maximum Gasteiger partial charge on any atom is 0.416 e. The van der Waals surface area contributed by atoms with Crippen LogP contribution in [0, 0.1) is 0 Å². The third-order valence-corrected chi connectivity index (χ3v) is 2.27. The summed E-state index contributed by atoms with van der Waals surface area (Å²) in [5, 5.41) is 10.7. The first-order chi connectivity index (χ1) is 9.11. The summed E-state index contributed by atoms with van der Waals surface area (Å²) in [6, 6.07) is 2.14. The normalized spacial score (nSPS) is 11.0. The molecule has 20 heavy (non-hydrogen) atoms. The van der Waals surface area contributed by atoms with E-state index in [4.69, 9.17) is 5.11 Å². The van der Waals surface area contributed by atoms with Gasteiger partial charge >= 0.3 is 12.1 Å². The highest BCUT2D eigenvalue weighted by Gasteiger charge is 2.32. The Bertz CT molecular complexity index is 566. The quantitative estimate of drug-likeness (QED) is 0.658. The summed E-state index contributed by atoms with van der Waals surface area (Å²) in [4.78, 5) is 33.0. The summed E-state index contributed by atoms with van der Waals surface area (Å²) in [7, 11) is 0. The van der Waals surface area contributed by atoms with Crippen LogP contribution in [0.5, 0.6) is 0 Å². The van der Waals surface area contributed by atoms with E-state index >= 15 is 0 Å². The van der Waals surface area contributed by atoms with Crippen LogP contribution in [0.1, 0.15) is 29.3 Å². The van der Waals surface area contributed by atoms with E-state index in [0.29, 0.717) is 12.1 Å². The number of ketones is 1. The molecule has 0 aliphatic carbocycles. The van der Waals surface area contributed by atoms with Gasteiger partial charge in [-0.05, 0) is 18.2 Å². The van der Waals surface area contributed by atoms with Crippen molar-refractivity contribution >= 4 is 23.3 Å². The molecule has 5 nitrogen and oxygen atoms in total. The number of carboxylic acid groups (broad SMARTS) is 1. The zero-order chi connectivity index (χ0) is 15.5. The lowest BCUT2D eigenvalue weighted by Gasteiger charge is -2.12. The van der Waals surface area contributed by atoms with Crippen LogP contribution in [0.3, 0.4) is 0 Å². The molecule has 1 rings (SSSR count). The first kappa shape index (κ1) is 15.7. The molecule has 0 unspecified atom stereocenters. The fourth-order valence-electron chi connectivity index (χ4n) is 1.48. The maximum atomic E-state index is 12.6. The number of alkyl halides is 3. The van der Waals surface area contributed by atoms with Crippen LogP contribution in [-0.2, 0) is 15.8 Å². The number of Topliss-reactive ketones (excluding diaryl/α,β-unsaturated/α-hetero) is 1. The number of aliphatic carboxylic acids is 1. The van der Waals surface area contributed by atoms with E-state index in [1.807, 2.05) is 0 Å². The zero-order valence-corrected chi connectivity index (χ0v) is 10.2. The largest absolute Gasteiger partial charge is 0.481 e. The van der Waals surface area contributed by atoms with E-state index < -0.39 is 41.4 Å². The second-order valence-corrected chi connectivity index (χ2v) is 3.93. The summed E-state index contributed by atoms with van der Waals surface area (Å²) in [5.41, 5.74) is -1.74. The van der Waals surface area contributed by atoms with E-state index in [1.165, 1.54) is 0 Å². The minimum Gasteiger partial charge on any atom is -0.481 e. The molecule has 0 bridgehead atoms. The van der Waals surface area contributed by atoms with Gasteiger partial charge in [-0.2, -0.15) is 13.2 Å². The SMILES string of the molecule is CC(=O)Nc1ccc(C(F)(F)F)cc1C(=O)CC(=O)O. The van der Waals surface area contributed by atoms with Crippen LogP contribution in [0.25, 0.3) is 0 Å². The van der Waals surface area contributed by atoms with Crippen LogP contribution in [0.2, 0.25) is 0 Å². The number of carbonyl (C=O) groups is 3. The number of nitrogens with one attached hydrogen (secondary N) is 1. The van der Waals surface area contributed by atoms with Crippen molar-refractivity contribution in [2.24, 2.45) is 0 Å². The van der Waals surface area contributed by atoms with Gasteiger partial charge in [0.05, 0.1) is 11.3 Å². The van der Waals surface area contributed by atoms with Crippen LogP contribution in [-0.4, -0.2) is 22.8 Å². The summed E-state index contributed by atoms with van der Waals surface area (Å²) in [6.07, 6.45) is -5.64. The Morgan fingerprint density at radius 3 is 2.30 bits per heavy atom. The molecule has 1 aromatic carbocycles. The Morgan fingerprint density at radius 2 is 1.85 bits per heavy atom. The number of halogens is 3. The first-order valence-corrected chi connectivity index (χ1v) is 5.35. The van der Waals surface area contributed by atoms with E-state index in [9.17, 15) is 27.6 Å². The van der Waals surface area contributed by atoms with Gasteiger partial charge in [0.15, 0.2) is 5.78 Å². The van der Waals surface area contributed by atoms with Gasteiger partial charge in [0.2, 0.25) is 5.91 Å². The molecule has 8 heteroatoms. The van der Waals surface area contributed by atoms with Gasteiger partial charge in [0.25, 0.3) is 0 Å². The number of carboxylic acids is 1. The number of carbonyl (C=O) groups excluding carboxylic acids is 2. The molecule has 0 aromatic heterocycles. The smallest absolute Gasteiger partial charge is 0.416 e. The molecule has 0 aliphatic heterocycles. The van der Waals surface area contributed by atoms with Crippen molar-refractivity contribution in [3.63, 3.8) is 0 Å². The summed E-state index contributed by atoms with van der Waals surface area (Å²) in [5.74, 6) is -3.08. The molecule has 2 N–H and O–H groups in total. The Morgan fingerprint density at radius 1 is 1.25 bits per heavy atom. The second-order valence-electron chi connectivity index (χ2n) is 3.93. The van der Waals surface area contributed by atoms with Crippen LogP contribution >= 0.6 is 0 Å². The lowest BCUT2D eigenvalue weighted by molar-refractivity contribution is -0.137. The summed E-state index contributed by atoms with van der Waals surface area (Å²) < 4.78 is 37.7. The van der Waals surface area contributed by atoms with E-state index in [1.54, 1.807) is 0 Å². The highest BCUT2D eigenvalue weighted by Crippen LogP contribution is 2.32. The van der Waals surface area contributed by atoms with Crippen LogP contribution in [0.4, 0.5) is 18.9 Å². The molecule has 0 radical (unpaired) electrons. The number of hydrogen-bond acceptors (Lipinski definition) is 3. The third-order valence-electron chi connectivity index (χ3n) is 2.27. The average molecular weight is 289 g/mol. The Hall–Kier alpha value is -2.38. The van der Waals surface area contributed by atoms with E-state index in [-0.39, 0.29) is 5.69 Å². The predicted octanol–water partition coefficient (Wildman–Crippen LogP) is 2.32. The summed E-state index contributed by atoms with van der Waals surface area (Å²) >= 11 is 0. The van der Waals surface area contributed by atoms with Crippen molar-refractivity contribution in [1.29, 1.82) is 0 Å². The maximum absolute atomic E-state index is 12.6. The van der Waals surface area contributed by atoms with Gasteiger partial charge < -0.3 is 10.4 Å². The fraction of sp³-hybridized carbons (Fsp3) is 0.250. The monoisotopic (exact) mass is 289 g/mol. The zero-order valence-electron chi connectivity index (χ0n) is 10.2. The average Bonchev–Trinajstić information content (AvgIpc) is 2.25.